The fourth-order valence-electron chi connectivity index (χ4n) is 4.31. The smallest absolute Gasteiger partial charge is 0.316 e. The molecule has 0 saturated heterocycles. The molecule has 0 radical (unpaired) electrons. The Bertz CT molecular complexity index is 1310. The molecule has 0 unspecified atom stereocenters. The second kappa shape index (κ2) is 8.45. The van der Waals surface area contributed by atoms with Crippen LogP contribution >= 0.6 is 11.6 Å². The highest BCUT2D eigenvalue weighted by atomic mass is 35.5. The molecule has 6 nitrogen and oxygen atoms in total. The van der Waals surface area contributed by atoms with Crippen molar-refractivity contribution in [2.75, 3.05) is 7.11 Å². The first-order valence-electron chi connectivity index (χ1n) is 10.8. The van der Waals surface area contributed by atoms with Gasteiger partial charge in [0.15, 0.2) is 0 Å². The van der Waals surface area contributed by atoms with E-state index in [1.54, 1.807) is 6.20 Å². The fourth-order valence-corrected chi connectivity index (χ4v) is 4.47. The van der Waals surface area contributed by atoms with Gasteiger partial charge in [-0.3, -0.25) is 14.5 Å². The number of ether oxygens (including phenoxy) is 1. The van der Waals surface area contributed by atoms with Gasteiger partial charge in [0, 0.05) is 25.2 Å². The molecular formula is C26H23ClN4O2. The SMILES string of the molecule is COC(=O)C1(c2ccc(-c3ccc(-c4cnn(C)c4Cc4cncc(Cl)n4)cc3)cc2)CC1. The van der Waals surface area contributed by atoms with Crippen molar-refractivity contribution in [3.63, 3.8) is 0 Å². The number of aryl methyl sites for hydroxylation is 1. The number of esters is 1. The summed E-state index contributed by atoms with van der Waals surface area (Å²) in [6.45, 7) is 0. The summed E-state index contributed by atoms with van der Waals surface area (Å²) >= 11 is 6.00. The Labute approximate surface area is 197 Å². The summed E-state index contributed by atoms with van der Waals surface area (Å²) in [4.78, 5) is 20.6. The topological polar surface area (TPSA) is 69.9 Å². The Kier molecular flexibility index (Phi) is 5.46. The molecule has 0 spiro atoms. The molecule has 5 rings (SSSR count). The van der Waals surface area contributed by atoms with Gasteiger partial charge >= 0.3 is 5.97 Å². The monoisotopic (exact) mass is 458 g/mol. The summed E-state index contributed by atoms with van der Waals surface area (Å²) in [6, 6.07) is 16.6. The number of methoxy groups -OCH3 is 1. The first kappa shape index (κ1) is 21.3. The lowest BCUT2D eigenvalue weighted by Gasteiger charge is -2.13. The van der Waals surface area contributed by atoms with Crippen molar-refractivity contribution in [3.8, 4) is 22.3 Å². The van der Waals surface area contributed by atoms with Gasteiger partial charge in [-0.25, -0.2) is 4.98 Å². The number of rotatable bonds is 6. The Morgan fingerprint density at radius 3 is 2.24 bits per heavy atom. The first-order chi connectivity index (χ1) is 16.0. The van der Waals surface area contributed by atoms with E-state index in [9.17, 15) is 4.79 Å². The lowest BCUT2D eigenvalue weighted by molar-refractivity contribution is -0.143. The molecule has 2 aromatic carbocycles. The Hall–Kier alpha value is -3.51. The molecular weight excluding hydrogens is 436 g/mol. The highest BCUT2D eigenvalue weighted by Gasteiger charge is 2.52. The van der Waals surface area contributed by atoms with Gasteiger partial charge in [0.2, 0.25) is 0 Å². The summed E-state index contributed by atoms with van der Waals surface area (Å²) in [5, 5.41) is 4.83. The molecule has 1 fully saturated rings. The Balaban J connectivity index is 1.38. The third-order valence-corrected chi connectivity index (χ3v) is 6.54. The molecule has 1 aliphatic rings. The van der Waals surface area contributed by atoms with Gasteiger partial charge in [-0.05, 0) is 35.1 Å². The lowest BCUT2D eigenvalue weighted by atomic mass is 9.93. The average molecular weight is 459 g/mol. The molecule has 2 aromatic heterocycles. The first-order valence-corrected chi connectivity index (χ1v) is 11.1. The molecule has 0 N–H and O–H groups in total. The number of benzene rings is 2. The maximum absolute atomic E-state index is 12.1. The Morgan fingerprint density at radius 1 is 1.00 bits per heavy atom. The van der Waals surface area contributed by atoms with Gasteiger partial charge in [-0.2, -0.15) is 5.10 Å². The standard InChI is InChI=1S/C26H23ClN4O2/c1-31-23(13-21-14-28-16-24(27)30-21)22(15-29-31)19-5-3-17(4-6-19)18-7-9-20(10-8-18)26(11-12-26)25(32)33-2/h3-10,14-16H,11-13H2,1-2H3. The van der Waals surface area contributed by atoms with Gasteiger partial charge in [0.25, 0.3) is 0 Å². The molecule has 2 heterocycles. The Morgan fingerprint density at radius 2 is 1.64 bits per heavy atom. The average Bonchev–Trinajstić information content (AvgIpc) is 3.58. The maximum Gasteiger partial charge on any atom is 0.316 e. The molecule has 0 aliphatic heterocycles. The highest BCUT2D eigenvalue weighted by Crippen LogP contribution is 2.49. The van der Waals surface area contributed by atoms with Crippen LogP contribution in [0.3, 0.4) is 0 Å². The van der Waals surface area contributed by atoms with Crippen molar-refractivity contribution < 1.29 is 9.53 Å². The molecule has 0 amide bonds. The molecule has 166 valence electrons. The van der Waals surface area contributed by atoms with Gasteiger partial charge in [0.05, 0.1) is 36.3 Å². The van der Waals surface area contributed by atoms with E-state index in [1.165, 1.54) is 13.3 Å². The quantitative estimate of drug-likeness (QED) is 0.380. The molecule has 0 atom stereocenters. The number of aromatic nitrogens is 4. The summed E-state index contributed by atoms with van der Waals surface area (Å²) < 4.78 is 6.86. The molecule has 4 aromatic rings. The van der Waals surface area contributed by atoms with Crippen LogP contribution in [-0.4, -0.2) is 32.8 Å². The maximum atomic E-state index is 12.1. The van der Waals surface area contributed by atoms with Crippen molar-refractivity contribution in [2.45, 2.75) is 24.7 Å². The van der Waals surface area contributed by atoms with E-state index in [2.05, 4.69) is 51.5 Å². The summed E-state index contributed by atoms with van der Waals surface area (Å²) in [7, 11) is 3.38. The number of hydrogen-bond acceptors (Lipinski definition) is 5. The third kappa shape index (κ3) is 4.02. The minimum atomic E-state index is -0.443. The second-order valence-corrected chi connectivity index (χ2v) is 8.75. The van der Waals surface area contributed by atoms with E-state index >= 15 is 0 Å². The summed E-state index contributed by atoms with van der Waals surface area (Å²) in [5.74, 6) is -0.143. The second-order valence-electron chi connectivity index (χ2n) is 8.37. The summed E-state index contributed by atoms with van der Waals surface area (Å²) in [5.41, 5.74) is 6.77. The normalized spacial score (nSPS) is 14.2. The van der Waals surface area contributed by atoms with Gasteiger partial charge < -0.3 is 4.74 Å². The van der Waals surface area contributed by atoms with E-state index < -0.39 is 5.41 Å². The molecule has 0 bridgehead atoms. The largest absolute Gasteiger partial charge is 0.468 e. The van der Waals surface area contributed by atoms with E-state index in [-0.39, 0.29) is 5.97 Å². The van der Waals surface area contributed by atoms with Crippen molar-refractivity contribution in [2.24, 2.45) is 7.05 Å². The molecule has 7 heteroatoms. The predicted octanol–water partition coefficient (Wildman–Crippen LogP) is 4.99. The number of carbonyl (C=O) groups is 1. The van der Waals surface area contributed by atoms with Crippen molar-refractivity contribution in [1.82, 2.24) is 19.7 Å². The van der Waals surface area contributed by atoms with Crippen LogP contribution in [0, 0.1) is 0 Å². The number of hydrogen-bond donors (Lipinski definition) is 0. The van der Waals surface area contributed by atoms with Crippen LogP contribution in [0.2, 0.25) is 5.15 Å². The van der Waals surface area contributed by atoms with Crippen LogP contribution in [0.4, 0.5) is 0 Å². The predicted molar refractivity (Wildman–Crippen MR) is 127 cm³/mol. The van der Waals surface area contributed by atoms with E-state index in [0.717, 1.165) is 52.0 Å². The van der Waals surface area contributed by atoms with Crippen LogP contribution in [0.25, 0.3) is 22.3 Å². The van der Waals surface area contributed by atoms with Crippen molar-refractivity contribution >= 4 is 17.6 Å². The van der Waals surface area contributed by atoms with Gasteiger partial charge in [-0.1, -0.05) is 60.1 Å². The molecule has 33 heavy (non-hydrogen) atoms. The number of carbonyl (C=O) groups excluding carboxylic acids is 1. The van der Waals surface area contributed by atoms with Crippen LogP contribution in [0.15, 0.2) is 67.1 Å². The van der Waals surface area contributed by atoms with Crippen LogP contribution < -0.4 is 0 Å². The van der Waals surface area contributed by atoms with Crippen LogP contribution in [0.5, 0.6) is 0 Å². The molecule has 1 saturated carbocycles. The van der Waals surface area contributed by atoms with Crippen LogP contribution in [-0.2, 0) is 28.4 Å². The minimum absolute atomic E-state index is 0.143. The highest BCUT2D eigenvalue weighted by molar-refractivity contribution is 6.29. The minimum Gasteiger partial charge on any atom is -0.468 e. The number of nitrogens with zero attached hydrogens (tertiary/aromatic N) is 4. The fraction of sp³-hybridized carbons (Fsp3) is 0.231. The lowest BCUT2D eigenvalue weighted by Crippen LogP contribution is -2.21. The third-order valence-electron chi connectivity index (χ3n) is 6.36. The molecule has 1 aliphatic carbocycles. The van der Waals surface area contributed by atoms with Gasteiger partial charge in [-0.15, -0.1) is 0 Å². The van der Waals surface area contributed by atoms with E-state index in [0.29, 0.717) is 11.6 Å². The van der Waals surface area contributed by atoms with Crippen molar-refractivity contribution in [3.05, 3.63) is 89.2 Å². The van der Waals surface area contributed by atoms with Gasteiger partial charge in [0.1, 0.15) is 5.15 Å². The van der Waals surface area contributed by atoms with Crippen molar-refractivity contribution in [1.29, 1.82) is 0 Å². The zero-order valence-electron chi connectivity index (χ0n) is 18.5. The van der Waals surface area contributed by atoms with E-state index in [4.69, 9.17) is 16.3 Å². The van der Waals surface area contributed by atoms with E-state index in [1.807, 2.05) is 30.1 Å². The number of halogens is 1. The van der Waals surface area contributed by atoms with Crippen LogP contribution in [0.1, 0.15) is 29.8 Å². The summed E-state index contributed by atoms with van der Waals surface area (Å²) in [6.07, 6.45) is 7.41. The zero-order valence-corrected chi connectivity index (χ0v) is 19.2. The zero-order chi connectivity index (χ0) is 23.0.